The van der Waals surface area contributed by atoms with Gasteiger partial charge in [0.1, 0.15) is 21.2 Å². The minimum Gasteiger partial charge on any atom is -0.497 e. The fourth-order valence-corrected chi connectivity index (χ4v) is 3.39. The molecule has 0 amide bonds. The van der Waals surface area contributed by atoms with Gasteiger partial charge >= 0.3 is 5.97 Å². The molecule has 0 aliphatic heterocycles. The number of hydrogen-bond acceptors (Lipinski definition) is 6. The summed E-state index contributed by atoms with van der Waals surface area (Å²) in [4.78, 5) is 30.1. The number of esters is 1. The van der Waals surface area contributed by atoms with Crippen LogP contribution in [0.2, 0.25) is 0 Å². The lowest BCUT2D eigenvalue weighted by molar-refractivity contribution is 0.0739. The molecule has 0 spiro atoms. The Bertz CT molecular complexity index is 957. The number of thiophene rings is 1. The van der Waals surface area contributed by atoms with Crippen molar-refractivity contribution in [3.05, 3.63) is 51.4 Å². The number of aryl methyl sites for hydroxylation is 2. The topological polar surface area (TPSA) is 70.4 Å². The summed E-state index contributed by atoms with van der Waals surface area (Å²) in [5.41, 5.74) is 0.466. The normalized spacial score (nSPS) is 10.8. The van der Waals surface area contributed by atoms with E-state index >= 15 is 0 Å². The molecular formula is C17H16N2O4S. The second-order valence-electron chi connectivity index (χ2n) is 5.14. The van der Waals surface area contributed by atoms with Crippen molar-refractivity contribution in [1.82, 2.24) is 9.55 Å². The first-order valence-electron chi connectivity index (χ1n) is 7.40. The molecule has 0 aliphatic carbocycles. The van der Waals surface area contributed by atoms with Crippen LogP contribution in [0.25, 0.3) is 10.2 Å². The fraction of sp³-hybridized carbons (Fsp3) is 0.235. The molecule has 0 bridgehead atoms. The number of rotatable bonds is 4. The van der Waals surface area contributed by atoms with E-state index in [0.717, 1.165) is 0 Å². The Morgan fingerprint density at radius 1 is 1.25 bits per heavy atom. The van der Waals surface area contributed by atoms with Crippen molar-refractivity contribution in [1.29, 1.82) is 0 Å². The number of carbonyl (C=O) groups excluding carboxylic acids is 1. The summed E-state index contributed by atoms with van der Waals surface area (Å²) in [6, 6.07) is 6.73. The van der Waals surface area contributed by atoms with E-state index in [0.29, 0.717) is 38.7 Å². The molecule has 1 aromatic carbocycles. The van der Waals surface area contributed by atoms with Gasteiger partial charge in [-0.05, 0) is 43.7 Å². The molecular weight excluding hydrogens is 328 g/mol. The molecule has 0 saturated heterocycles. The minimum atomic E-state index is -0.497. The molecule has 0 saturated carbocycles. The third kappa shape index (κ3) is 2.78. The van der Waals surface area contributed by atoms with Crippen LogP contribution in [0.4, 0.5) is 0 Å². The molecule has 0 fully saturated rings. The van der Waals surface area contributed by atoms with Crippen LogP contribution in [-0.4, -0.2) is 22.6 Å². The van der Waals surface area contributed by atoms with Gasteiger partial charge in [-0.3, -0.25) is 9.36 Å². The van der Waals surface area contributed by atoms with E-state index in [9.17, 15) is 9.59 Å². The van der Waals surface area contributed by atoms with Gasteiger partial charge in [0.25, 0.3) is 5.56 Å². The highest BCUT2D eigenvalue weighted by Crippen LogP contribution is 2.28. The maximum absolute atomic E-state index is 12.4. The Morgan fingerprint density at radius 2 is 1.92 bits per heavy atom. The van der Waals surface area contributed by atoms with Gasteiger partial charge in [0.05, 0.1) is 18.8 Å². The average Bonchev–Trinajstić information content (AvgIpc) is 2.93. The number of carbonyl (C=O) groups is 1. The van der Waals surface area contributed by atoms with Crippen LogP contribution in [0.1, 0.15) is 22.2 Å². The molecule has 2 heterocycles. The van der Waals surface area contributed by atoms with Crippen LogP contribution in [0.15, 0.2) is 35.4 Å². The van der Waals surface area contributed by atoms with Gasteiger partial charge in [-0.15, -0.1) is 11.3 Å². The molecule has 0 atom stereocenters. The van der Waals surface area contributed by atoms with Crippen molar-refractivity contribution < 1.29 is 14.3 Å². The molecule has 7 heteroatoms. The zero-order chi connectivity index (χ0) is 17.3. The van der Waals surface area contributed by atoms with E-state index in [1.165, 1.54) is 22.2 Å². The third-order valence-corrected chi connectivity index (χ3v) is 4.89. The Balaban J connectivity index is 1.96. The summed E-state index contributed by atoms with van der Waals surface area (Å²) in [6.45, 7) is 4.14. The number of ether oxygens (including phenoxy) is 2. The predicted octanol–water partition coefficient (Wildman–Crippen LogP) is 3.01. The summed E-state index contributed by atoms with van der Waals surface area (Å²) in [5.74, 6) is 0.594. The molecule has 0 N–H and O–H groups in total. The molecule has 0 radical (unpaired) electrons. The molecule has 3 rings (SSSR count). The Kier molecular flexibility index (Phi) is 4.35. The summed E-state index contributed by atoms with van der Waals surface area (Å²) in [7, 11) is 1.57. The van der Waals surface area contributed by atoms with E-state index in [2.05, 4.69) is 4.98 Å². The van der Waals surface area contributed by atoms with Gasteiger partial charge in [-0.1, -0.05) is 0 Å². The van der Waals surface area contributed by atoms with Gasteiger partial charge in [0.15, 0.2) is 0 Å². The molecule has 24 heavy (non-hydrogen) atoms. The minimum absolute atomic E-state index is 0.139. The van der Waals surface area contributed by atoms with Gasteiger partial charge < -0.3 is 9.47 Å². The number of benzene rings is 1. The second kappa shape index (κ2) is 6.45. The van der Waals surface area contributed by atoms with Crippen molar-refractivity contribution in [3.63, 3.8) is 0 Å². The van der Waals surface area contributed by atoms with Crippen LogP contribution >= 0.6 is 11.3 Å². The summed E-state index contributed by atoms with van der Waals surface area (Å²) in [6.07, 6.45) is 1.50. The fourth-order valence-electron chi connectivity index (χ4n) is 2.38. The molecule has 6 nitrogen and oxygen atoms in total. The van der Waals surface area contributed by atoms with Crippen molar-refractivity contribution in [2.75, 3.05) is 7.11 Å². The van der Waals surface area contributed by atoms with Crippen LogP contribution in [0, 0.1) is 6.92 Å². The number of nitrogens with zero attached hydrogens (tertiary/aromatic N) is 2. The molecule has 124 valence electrons. The highest BCUT2D eigenvalue weighted by atomic mass is 32.1. The van der Waals surface area contributed by atoms with E-state index in [1.807, 2.05) is 6.92 Å². The molecule has 0 unspecified atom stereocenters. The van der Waals surface area contributed by atoms with Crippen molar-refractivity contribution in [2.45, 2.75) is 20.4 Å². The second-order valence-corrected chi connectivity index (χ2v) is 6.14. The zero-order valence-electron chi connectivity index (χ0n) is 13.5. The third-order valence-electron chi connectivity index (χ3n) is 3.71. The molecule has 0 aliphatic rings. The standard InChI is InChI=1S/C17H16N2O4S/c1-4-19-9-18-15-13(16(19)20)10(2)14(24-15)17(21)23-12-7-5-11(22-3)6-8-12/h5-9H,4H2,1-3H3. The lowest BCUT2D eigenvalue weighted by Gasteiger charge is -2.04. The number of fused-ring (bicyclic) bond motifs is 1. The summed E-state index contributed by atoms with van der Waals surface area (Å²) >= 11 is 1.17. The summed E-state index contributed by atoms with van der Waals surface area (Å²) < 4.78 is 12.0. The summed E-state index contributed by atoms with van der Waals surface area (Å²) in [5, 5.41) is 0.478. The van der Waals surface area contributed by atoms with Crippen molar-refractivity contribution in [3.8, 4) is 11.5 Å². The van der Waals surface area contributed by atoms with Crippen LogP contribution in [0.3, 0.4) is 0 Å². The number of hydrogen-bond donors (Lipinski definition) is 0. The quantitative estimate of drug-likeness (QED) is 0.537. The maximum Gasteiger partial charge on any atom is 0.354 e. The smallest absolute Gasteiger partial charge is 0.354 e. The van der Waals surface area contributed by atoms with Gasteiger partial charge in [-0.25, -0.2) is 9.78 Å². The Labute approximate surface area is 142 Å². The van der Waals surface area contributed by atoms with Crippen LogP contribution in [0.5, 0.6) is 11.5 Å². The van der Waals surface area contributed by atoms with Crippen molar-refractivity contribution in [2.24, 2.45) is 0 Å². The largest absolute Gasteiger partial charge is 0.497 e. The highest BCUT2D eigenvalue weighted by Gasteiger charge is 2.21. The van der Waals surface area contributed by atoms with E-state index < -0.39 is 5.97 Å². The number of aromatic nitrogens is 2. The first kappa shape index (κ1) is 16.2. The Hall–Kier alpha value is -2.67. The predicted molar refractivity (Wildman–Crippen MR) is 92.2 cm³/mol. The van der Waals surface area contributed by atoms with Gasteiger partial charge in [-0.2, -0.15) is 0 Å². The zero-order valence-corrected chi connectivity index (χ0v) is 14.3. The molecule has 2 aromatic heterocycles. The van der Waals surface area contributed by atoms with E-state index in [1.54, 1.807) is 38.3 Å². The van der Waals surface area contributed by atoms with E-state index in [-0.39, 0.29) is 5.56 Å². The van der Waals surface area contributed by atoms with E-state index in [4.69, 9.17) is 9.47 Å². The van der Waals surface area contributed by atoms with Crippen LogP contribution in [-0.2, 0) is 6.54 Å². The first-order valence-corrected chi connectivity index (χ1v) is 8.21. The lowest BCUT2D eigenvalue weighted by Crippen LogP contribution is -2.19. The lowest BCUT2D eigenvalue weighted by atomic mass is 10.2. The van der Waals surface area contributed by atoms with Crippen LogP contribution < -0.4 is 15.0 Å². The first-order chi connectivity index (χ1) is 11.5. The molecule has 3 aromatic rings. The monoisotopic (exact) mass is 344 g/mol. The maximum atomic E-state index is 12.4. The van der Waals surface area contributed by atoms with Gasteiger partial charge in [0.2, 0.25) is 0 Å². The SMILES string of the molecule is CCn1cnc2sc(C(=O)Oc3ccc(OC)cc3)c(C)c2c1=O. The number of methoxy groups -OCH3 is 1. The van der Waals surface area contributed by atoms with Crippen molar-refractivity contribution >= 4 is 27.5 Å². The Morgan fingerprint density at radius 3 is 2.54 bits per heavy atom. The van der Waals surface area contributed by atoms with Gasteiger partial charge in [0, 0.05) is 6.54 Å². The highest BCUT2D eigenvalue weighted by molar-refractivity contribution is 7.20. The average molecular weight is 344 g/mol.